The van der Waals surface area contributed by atoms with Crippen molar-refractivity contribution >= 4 is 65.3 Å². The Morgan fingerprint density at radius 2 is 0.729 bits per heavy atom. The molecule has 0 N–H and O–H groups in total. The second kappa shape index (κ2) is 16.1. The maximum atomic E-state index is 5.48. The molecule has 0 radical (unpaired) electrons. The number of hydrogen-bond donors (Lipinski definition) is 0. The zero-order valence-electron chi connectivity index (χ0n) is 37.9. The molecule has 14 rings (SSSR count). The van der Waals surface area contributed by atoms with Gasteiger partial charge in [0, 0.05) is 71.3 Å². The summed E-state index contributed by atoms with van der Waals surface area (Å²) in [4.78, 5) is 15.9. The van der Waals surface area contributed by atoms with Crippen LogP contribution in [0.2, 0.25) is 0 Å². The van der Waals surface area contributed by atoms with Crippen LogP contribution in [0.15, 0.2) is 249 Å². The van der Waals surface area contributed by atoms with Crippen molar-refractivity contribution in [1.29, 1.82) is 0 Å². The SMILES string of the molecule is c1ccc(-c2cc(-c3ccc(-c4ccc5c(c4)nc(-c4ccccc4)c4ccc6c7ccccc7n(-c7ccccc7)c6c45)cc3)nc(-c3ccc(-n4c5ccccc5c5ccccc54)cc3)n2)cc1. The van der Waals surface area contributed by atoms with E-state index in [9.17, 15) is 0 Å². The molecule has 0 saturated carbocycles. The molecule has 5 nitrogen and oxygen atoms in total. The fourth-order valence-electron chi connectivity index (χ4n) is 10.7. The van der Waals surface area contributed by atoms with Gasteiger partial charge in [0.1, 0.15) is 0 Å². The van der Waals surface area contributed by atoms with Gasteiger partial charge in [0.15, 0.2) is 5.82 Å². The van der Waals surface area contributed by atoms with Crippen LogP contribution >= 0.6 is 0 Å². The van der Waals surface area contributed by atoms with Crippen LogP contribution in [0, 0.1) is 0 Å². The molecular formula is C65H41N5. The van der Waals surface area contributed by atoms with Gasteiger partial charge in [-0.15, -0.1) is 0 Å². The zero-order chi connectivity index (χ0) is 46.1. The number of rotatable bonds is 7. The predicted octanol–water partition coefficient (Wildman–Crippen LogP) is 16.7. The zero-order valence-corrected chi connectivity index (χ0v) is 37.9. The molecule has 0 bridgehead atoms. The molecule has 0 amide bonds. The van der Waals surface area contributed by atoms with Crippen LogP contribution in [0.3, 0.4) is 0 Å². The van der Waals surface area contributed by atoms with Crippen LogP contribution in [0.4, 0.5) is 0 Å². The lowest BCUT2D eigenvalue weighted by Gasteiger charge is -2.15. The van der Waals surface area contributed by atoms with Gasteiger partial charge in [-0.05, 0) is 77.9 Å². The molecule has 5 heteroatoms. The first-order chi connectivity index (χ1) is 34.7. The Balaban J connectivity index is 0.882. The molecule has 0 aliphatic rings. The summed E-state index contributed by atoms with van der Waals surface area (Å²) in [6.45, 7) is 0. The van der Waals surface area contributed by atoms with E-state index in [2.05, 4.69) is 252 Å². The molecule has 0 spiro atoms. The summed E-state index contributed by atoms with van der Waals surface area (Å²) in [6, 6.07) is 88.4. The number of pyridine rings is 1. The number of hydrogen-bond acceptors (Lipinski definition) is 3. The maximum Gasteiger partial charge on any atom is 0.160 e. The first-order valence-electron chi connectivity index (χ1n) is 23.8. The highest BCUT2D eigenvalue weighted by Crippen LogP contribution is 2.43. The molecule has 0 aliphatic heterocycles. The van der Waals surface area contributed by atoms with Crippen molar-refractivity contribution in [3.8, 4) is 67.7 Å². The summed E-state index contributed by atoms with van der Waals surface area (Å²) >= 11 is 0. The van der Waals surface area contributed by atoms with Gasteiger partial charge in [-0.3, -0.25) is 0 Å². The summed E-state index contributed by atoms with van der Waals surface area (Å²) in [5, 5.41) is 8.37. The highest BCUT2D eigenvalue weighted by molar-refractivity contribution is 6.27. The lowest BCUT2D eigenvalue weighted by Crippen LogP contribution is -1.97. The highest BCUT2D eigenvalue weighted by Gasteiger charge is 2.21. The Labute approximate surface area is 403 Å². The van der Waals surface area contributed by atoms with E-state index < -0.39 is 0 Å². The molecule has 4 heterocycles. The number of para-hydroxylation sites is 4. The first kappa shape index (κ1) is 39.7. The Hall–Kier alpha value is -9.45. The molecule has 10 aromatic carbocycles. The summed E-state index contributed by atoms with van der Waals surface area (Å²) in [5.74, 6) is 0.677. The minimum atomic E-state index is 0.677. The average molecular weight is 892 g/mol. The van der Waals surface area contributed by atoms with E-state index in [4.69, 9.17) is 15.0 Å². The van der Waals surface area contributed by atoms with Crippen LogP contribution in [-0.2, 0) is 0 Å². The van der Waals surface area contributed by atoms with Crippen LogP contribution in [-0.4, -0.2) is 24.1 Å². The molecule has 0 fully saturated rings. The number of nitrogens with zero attached hydrogens (tertiary/aromatic N) is 5. The number of aromatic nitrogens is 5. The van der Waals surface area contributed by atoms with Crippen LogP contribution in [0.1, 0.15) is 0 Å². The fourth-order valence-corrected chi connectivity index (χ4v) is 10.7. The monoisotopic (exact) mass is 891 g/mol. The number of fused-ring (bicyclic) bond motifs is 10. The van der Waals surface area contributed by atoms with Gasteiger partial charge in [0.2, 0.25) is 0 Å². The molecule has 0 unspecified atom stereocenters. The number of benzene rings is 10. The van der Waals surface area contributed by atoms with E-state index >= 15 is 0 Å². The van der Waals surface area contributed by atoms with E-state index in [-0.39, 0.29) is 0 Å². The maximum absolute atomic E-state index is 5.48. The second-order valence-corrected chi connectivity index (χ2v) is 18.0. The Kier molecular flexibility index (Phi) is 9.14. The minimum absolute atomic E-state index is 0.677. The predicted molar refractivity (Wildman–Crippen MR) is 291 cm³/mol. The Morgan fingerprint density at radius 3 is 1.37 bits per heavy atom. The average Bonchev–Trinajstić information content (AvgIpc) is 3.96. The summed E-state index contributed by atoms with van der Waals surface area (Å²) in [6.07, 6.45) is 0. The molecule has 0 atom stereocenters. The third kappa shape index (κ3) is 6.44. The Bertz CT molecular complexity index is 4250. The van der Waals surface area contributed by atoms with E-state index in [1.165, 1.54) is 49.0 Å². The van der Waals surface area contributed by atoms with Gasteiger partial charge in [0.25, 0.3) is 0 Å². The van der Waals surface area contributed by atoms with Crippen LogP contribution in [0.25, 0.3) is 133 Å². The normalized spacial score (nSPS) is 11.7. The largest absolute Gasteiger partial charge is 0.309 e. The first-order valence-corrected chi connectivity index (χ1v) is 23.8. The highest BCUT2D eigenvalue weighted by atomic mass is 15.0. The van der Waals surface area contributed by atoms with Gasteiger partial charge in [0.05, 0.1) is 44.7 Å². The van der Waals surface area contributed by atoms with Crippen molar-refractivity contribution in [2.24, 2.45) is 0 Å². The van der Waals surface area contributed by atoms with Gasteiger partial charge in [-0.25, -0.2) is 15.0 Å². The van der Waals surface area contributed by atoms with E-state index in [0.29, 0.717) is 5.82 Å². The molecule has 70 heavy (non-hydrogen) atoms. The van der Waals surface area contributed by atoms with Crippen molar-refractivity contribution in [3.63, 3.8) is 0 Å². The van der Waals surface area contributed by atoms with Gasteiger partial charge >= 0.3 is 0 Å². The van der Waals surface area contributed by atoms with E-state index in [1.54, 1.807) is 0 Å². The van der Waals surface area contributed by atoms with Crippen molar-refractivity contribution in [2.45, 2.75) is 0 Å². The van der Waals surface area contributed by atoms with Gasteiger partial charge in [-0.2, -0.15) is 0 Å². The van der Waals surface area contributed by atoms with Crippen molar-refractivity contribution in [2.75, 3.05) is 0 Å². The smallest absolute Gasteiger partial charge is 0.160 e. The molecule has 0 saturated heterocycles. The van der Waals surface area contributed by atoms with Crippen molar-refractivity contribution < 1.29 is 0 Å². The lowest BCUT2D eigenvalue weighted by molar-refractivity contribution is 1.16. The quantitative estimate of drug-likeness (QED) is 0.150. The minimum Gasteiger partial charge on any atom is -0.309 e. The third-order valence-electron chi connectivity index (χ3n) is 13.9. The van der Waals surface area contributed by atoms with Crippen molar-refractivity contribution in [3.05, 3.63) is 249 Å². The van der Waals surface area contributed by atoms with Crippen LogP contribution in [0.5, 0.6) is 0 Å². The standard InChI is InChI=1S/C65H41N5/c1-4-16-43(17-5-1)56-41-57(68-65(67-56)46-32-35-49(36-33-46)69-59-25-13-10-22-50(59)51-23-11-14-26-60(51)69)44-30-28-42(29-31-44)47-34-37-54-58(40-47)66-63(45-18-6-2-7-19-45)55-39-38-53-52-24-12-15-27-61(52)70(64(53)62(54)55)48-20-8-3-9-21-48/h1-41H. The summed E-state index contributed by atoms with van der Waals surface area (Å²) in [7, 11) is 0. The second-order valence-electron chi connectivity index (χ2n) is 18.0. The van der Waals surface area contributed by atoms with E-state index in [1.807, 2.05) is 6.07 Å². The lowest BCUT2D eigenvalue weighted by atomic mass is 9.95. The third-order valence-corrected chi connectivity index (χ3v) is 13.9. The molecule has 14 aromatic rings. The molecule has 4 aromatic heterocycles. The van der Waals surface area contributed by atoms with E-state index in [0.717, 1.165) is 78.1 Å². The summed E-state index contributed by atoms with van der Waals surface area (Å²) < 4.78 is 4.76. The summed E-state index contributed by atoms with van der Waals surface area (Å²) in [5.41, 5.74) is 16.9. The Morgan fingerprint density at radius 1 is 0.271 bits per heavy atom. The molecule has 0 aliphatic carbocycles. The van der Waals surface area contributed by atoms with Crippen molar-refractivity contribution in [1.82, 2.24) is 24.1 Å². The van der Waals surface area contributed by atoms with Gasteiger partial charge in [-0.1, -0.05) is 182 Å². The molecule has 326 valence electrons. The fraction of sp³-hybridized carbons (Fsp3) is 0. The van der Waals surface area contributed by atoms with Gasteiger partial charge < -0.3 is 9.13 Å². The van der Waals surface area contributed by atoms with Crippen LogP contribution < -0.4 is 0 Å². The topological polar surface area (TPSA) is 48.5 Å². The molecular weight excluding hydrogens is 851 g/mol.